The highest BCUT2D eigenvalue weighted by Gasteiger charge is 2.13. The molecular weight excluding hydrogens is 290 g/mol. The number of aromatic nitrogens is 4. The quantitative estimate of drug-likeness (QED) is 0.936. The molecule has 0 aliphatic carbocycles. The molecule has 1 N–H and O–H groups in total. The van der Waals surface area contributed by atoms with Crippen molar-refractivity contribution in [2.75, 3.05) is 7.05 Å². The van der Waals surface area contributed by atoms with Gasteiger partial charge in [0.15, 0.2) is 5.82 Å². The van der Waals surface area contributed by atoms with E-state index in [9.17, 15) is 0 Å². The highest BCUT2D eigenvalue weighted by atomic mass is 79.9. The fraction of sp³-hybridized carbons (Fsp3) is 0.444. The summed E-state index contributed by atoms with van der Waals surface area (Å²) < 4.78 is 2.94. The summed E-state index contributed by atoms with van der Waals surface area (Å²) in [7, 11) is 1.89. The Bertz CT molecular complexity index is 466. The summed E-state index contributed by atoms with van der Waals surface area (Å²) in [6, 6.07) is 4.26. The number of hydrogen-bond acceptors (Lipinski definition) is 5. The maximum absolute atomic E-state index is 4.02. The van der Waals surface area contributed by atoms with Gasteiger partial charge in [0, 0.05) is 4.88 Å². The summed E-state index contributed by atoms with van der Waals surface area (Å²) in [4.78, 5) is 1.23. The van der Waals surface area contributed by atoms with E-state index in [0.717, 1.165) is 9.61 Å². The molecule has 0 radical (unpaired) electrons. The molecule has 0 aliphatic rings. The molecule has 7 heteroatoms. The van der Waals surface area contributed by atoms with Crippen LogP contribution < -0.4 is 5.32 Å². The molecule has 0 spiro atoms. The van der Waals surface area contributed by atoms with Crippen molar-refractivity contribution in [1.82, 2.24) is 25.5 Å². The molecule has 1 unspecified atom stereocenters. The van der Waals surface area contributed by atoms with E-state index < -0.39 is 0 Å². The fourth-order valence-electron chi connectivity index (χ4n) is 1.35. The second-order valence-electron chi connectivity index (χ2n) is 3.41. The number of halogens is 1. The van der Waals surface area contributed by atoms with Gasteiger partial charge in [-0.05, 0) is 52.5 Å². The maximum atomic E-state index is 4.02. The van der Waals surface area contributed by atoms with Gasteiger partial charge in [-0.25, -0.2) is 4.68 Å². The molecule has 0 saturated heterocycles. The second-order valence-corrected chi connectivity index (χ2v) is 5.96. The van der Waals surface area contributed by atoms with E-state index in [-0.39, 0.29) is 6.04 Å². The van der Waals surface area contributed by atoms with Gasteiger partial charge >= 0.3 is 0 Å². The van der Waals surface area contributed by atoms with Crippen molar-refractivity contribution >= 4 is 27.3 Å². The molecular formula is C9H12BrN5S. The molecule has 86 valence electrons. The van der Waals surface area contributed by atoms with Crippen LogP contribution in [0.1, 0.15) is 23.7 Å². The Morgan fingerprint density at radius 3 is 3.00 bits per heavy atom. The largest absolute Gasteiger partial charge is 0.311 e. The summed E-state index contributed by atoms with van der Waals surface area (Å²) in [6.07, 6.45) is 0. The first-order valence-corrected chi connectivity index (χ1v) is 6.49. The summed E-state index contributed by atoms with van der Waals surface area (Å²) >= 11 is 5.14. The van der Waals surface area contributed by atoms with Gasteiger partial charge in [-0.2, -0.15) is 0 Å². The van der Waals surface area contributed by atoms with Crippen molar-refractivity contribution in [2.24, 2.45) is 0 Å². The molecule has 2 aromatic rings. The first kappa shape index (κ1) is 11.7. The van der Waals surface area contributed by atoms with Crippen LogP contribution in [0.2, 0.25) is 0 Å². The summed E-state index contributed by atoms with van der Waals surface area (Å²) in [6.45, 7) is 2.75. The second kappa shape index (κ2) is 5.03. The third-order valence-corrected chi connectivity index (χ3v) is 3.92. The van der Waals surface area contributed by atoms with Crippen LogP contribution in [0.5, 0.6) is 0 Å². The van der Waals surface area contributed by atoms with Gasteiger partial charge in [-0.1, -0.05) is 0 Å². The Morgan fingerprint density at radius 2 is 2.38 bits per heavy atom. The van der Waals surface area contributed by atoms with Crippen LogP contribution in [0.3, 0.4) is 0 Å². The van der Waals surface area contributed by atoms with Crippen LogP contribution in [0.4, 0.5) is 0 Å². The number of thiophene rings is 1. The molecule has 0 aliphatic heterocycles. The molecule has 2 heterocycles. The van der Waals surface area contributed by atoms with Crippen LogP contribution >= 0.6 is 27.3 Å². The zero-order valence-corrected chi connectivity index (χ0v) is 11.4. The lowest BCUT2D eigenvalue weighted by Gasteiger charge is -2.09. The molecule has 0 saturated carbocycles. The summed E-state index contributed by atoms with van der Waals surface area (Å²) in [5.74, 6) is 0.854. The van der Waals surface area contributed by atoms with Crippen LogP contribution in [0.25, 0.3) is 0 Å². The van der Waals surface area contributed by atoms with Gasteiger partial charge in [0.05, 0.1) is 16.4 Å². The SMILES string of the molecule is CNC(C)c1nnnn1Cc1ccc(Br)s1. The van der Waals surface area contributed by atoms with E-state index in [1.54, 1.807) is 11.3 Å². The van der Waals surface area contributed by atoms with E-state index in [2.05, 4.69) is 42.8 Å². The minimum atomic E-state index is 0.151. The molecule has 0 bridgehead atoms. The number of nitrogens with zero attached hydrogens (tertiary/aromatic N) is 4. The fourth-order valence-corrected chi connectivity index (χ4v) is 2.81. The van der Waals surface area contributed by atoms with Crippen molar-refractivity contribution in [2.45, 2.75) is 19.5 Å². The van der Waals surface area contributed by atoms with Gasteiger partial charge < -0.3 is 5.32 Å². The normalized spacial score (nSPS) is 12.9. The minimum absolute atomic E-state index is 0.151. The van der Waals surface area contributed by atoms with Crippen molar-refractivity contribution in [3.63, 3.8) is 0 Å². The monoisotopic (exact) mass is 301 g/mol. The van der Waals surface area contributed by atoms with E-state index in [1.165, 1.54) is 4.88 Å². The van der Waals surface area contributed by atoms with E-state index in [1.807, 2.05) is 24.7 Å². The number of nitrogens with one attached hydrogen (secondary N) is 1. The van der Waals surface area contributed by atoms with E-state index in [0.29, 0.717) is 6.54 Å². The molecule has 0 amide bonds. The highest BCUT2D eigenvalue weighted by molar-refractivity contribution is 9.11. The Morgan fingerprint density at radius 1 is 1.56 bits per heavy atom. The molecule has 2 aromatic heterocycles. The third-order valence-electron chi connectivity index (χ3n) is 2.31. The Hall–Kier alpha value is -0.790. The smallest absolute Gasteiger partial charge is 0.168 e. The van der Waals surface area contributed by atoms with Crippen LogP contribution in [-0.4, -0.2) is 27.3 Å². The molecule has 1 atom stereocenters. The van der Waals surface area contributed by atoms with Crippen LogP contribution in [0, 0.1) is 0 Å². The van der Waals surface area contributed by atoms with Crippen molar-refractivity contribution < 1.29 is 0 Å². The number of rotatable bonds is 4. The Labute approximate surface area is 106 Å². The van der Waals surface area contributed by atoms with Gasteiger partial charge in [-0.3, -0.25) is 0 Å². The molecule has 2 rings (SSSR count). The summed E-state index contributed by atoms with van der Waals surface area (Å²) in [5, 5.41) is 14.9. The average molecular weight is 302 g/mol. The van der Waals surface area contributed by atoms with Crippen molar-refractivity contribution in [3.8, 4) is 0 Å². The minimum Gasteiger partial charge on any atom is -0.311 e. The lowest BCUT2D eigenvalue weighted by molar-refractivity contribution is 0.542. The standard InChI is InChI=1S/C9H12BrN5S/c1-6(11-2)9-12-13-14-15(9)5-7-3-4-8(10)16-7/h3-4,6,11H,5H2,1-2H3. The zero-order chi connectivity index (χ0) is 11.5. The van der Waals surface area contributed by atoms with E-state index in [4.69, 9.17) is 0 Å². The predicted molar refractivity (Wildman–Crippen MR) is 66.4 cm³/mol. The Kier molecular flexibility index (Phi) is 3.67. The average Bonchev–Trinajstić information content (AvgIpc) is 2.87. The topological polar surface area (TPSA) is 55.6 Å². The lowest BCUT2D eigenvalue weighted by Crippen LogP contribution is -2.18. The third kappa shape index (κ3) is 2.47. The number of tetrazole rings is 1. The molecule has 0 aromatic carbocycles. The first-order valence-electron chi connectivity index (χ1n) is 4.88. The summed E-state index contributed by atoms with van der Waals surface area (Å²) in [5.41, 5.74) is 0. The van der Waals surface area contributed by atoms with Crippen molar-refractivity contribution in [3.05, 3.63) is 26.6 Å². The molecule has 0 fully saturated rings. The first-order chi connectivity index (χ1) is 7.70. The number of hydrogen-bond donors (Lipinski definition) is 1. The van der Waals surface area contributed by atoms with E-state index >= 15 is 0 Å². The maximum Gasteiger partial charge on any atom is 0.168 e. The van der Waals surface area contributed by atoms with Crippen LogP contribution in [0.15, 0.2) is 15.9 Å². The zero-order valence-electron chi connectivity index (χ0n) is 9.01. The van der Waals surface area contributed by atoms with Gasteiger partial charge in [-0.15, -0.1) is 16.4 Å². The molecule has 16 heavy (non-hydrogen) atoms. The lowest BCUT2D eigenvalue weighted by atomic mass is 10.3. The van der Waals surface area contributed by atoms with Crippen molar-refractivity contribution in [1.29, 1.82) is 0 Å². The van der Waals surface area contributed by atoms with Gasteiger partial charge in [0.2, 0.25) is 0 Å². The van der Waals surface area contributed by atoms with Gasteiger partial charge in [0.25, 0.3) is 0 Å². The van der Waals surface area contributed by atoms with Crippen LogP contribution in [-0.2, 0) is 6.54 Å². The predicted octanol–water partition coefficient (Wildman–Crippen LogP) is 1.83. The van der Waals surface area contributed by atoms with Gasteiger partial charge in [0.1, 0.15) is 0 Å². The Balaban J connectivity index is 2.18. The molecule has 5 nitrogen and oxygen atoms in total. The highest BCUT2D eigenvalue weighted by Crippen LogP contribution is 2.23.